The molecule has 1 aromatic rings. The predicted octanol–water partition coefficient (Wildman–Crippen LogP) is 3.60. The number of hydrogen-bond acceptors (Lipinski definition) is 2. The van der Waals surface area contributed by atoms with Crippen molar-refractivity contribution in [3.05, 3.63) is 34.9 Å². The lowest BCUT2D eigenvalue weighted by Crippen LogP contribution is -2.19. The monoisotopic (exact) mass is 233 g/mol. The van der Waals surface area contributed by atoms with Crippen LogP contribution in [0.1, 0.15) is 50.8 Å². The highest BCUT2D eigenvalue weighted by Gasteiger charge is 2.13. The van der Waals surface area contributed by atoms with E-state index in [1.54, 1.807) is 13.8 Å². The second kappa shape index (κ2) is 7.09. The van der Waals surface area contributed by atoms with Crippen LogP contribution in [0.25, 0.3) is 0 Å². The van der Waals surface area contributed by atoms with Crippen LogP contribution in [0.15, 0.2) is 18.2 Å². The second-order valence-corrected chi connectivity index (χ2v) is 4.57. The van der Waals surface area contributed by atoms with Crippen LogP contribution < -0.4 is 0 Å². The first-order valence-electron chi connectivity index (χ1n) is 6.14. The number of hydrogen-bond donors (Lipinski definition) is 1. The molecule has 0 atom stereocenters. The molecule has 1 rings (SSSR count). The van der Waals surface area contributed by atoms with Gasteiger partial charge in [-0.3, -0.25) is 0 Å². The third-order valence-corrected chi connectivity index (χ3v) is 2.48. The molecular weight excluding hydrogens is 210 g/mol. The Morgan fingerprint density at radius 3 is 2.35 bits per heavy atom. The molecule has 0 aliphatic rings. The van der Waals surface area contributed by atoms with Crippen molar-refractivity contribution in [2.24, 2.45) is 0 Å². The molecule has 0 saturated carbocycles. The van der Waals surface area contributed by atoms with E-state index in [-0.39, 0.29) is 0 Å². The summed E-state index contributed by atoms with van der Waals surface area (Å²) in [7, 11) is 0. The third-order valence-electron chi connectivity index (χ3n) is 2.48. The van der Waals surface area contributed by atoms with Gasteiger partial charge in [0.15, 0.2) is 0 Å². The summed E-state index contributed by atoms with van der Waals surface area (Å²) in [6, 6.07) is 7.81. The Morgan fingerprint density at radius 1 is 1.29 bits per heavy atom. The zero-order chi connectivity index (χ0) is 13.5. The fourth-order valence-electron chi connectivity index (χ4n) is 1.45. The van der Waals surface area contributed by atoms with Gasteiger partial charge in [-0.15, -0.1) is 0 Å². The summed E-state index contributed by atoms with van der Waals surface area (Å²) < 4.78 is 0. The molecule has 1 N–H and O–H groups in total. The van der Waals surface area contributed by atoms with E-state index in [0.717, 1.165) is 12.0 Å². The average molecular weight is 233 g/mol. The van der Waals surface area contributed by atoms with Crippen LogP contribution in [0.2, 0.25) is 0 Å². The van der Waals surface area contributed by atoms with Gasteiger partial charge in [-0.1, -0.05) is 19.9 Å². The van der Waals surface area contributed by atoms with Crippen LogP contribution in [-0.4, -0.2) is 10.7 Å². The van der Waals surface area contributed by atoms with E-state index in [4.69, 9.17) is 5.26 Å². The van der Waals surface area contributed by atoms with Crippen LogP contribution in [0.5, 0.6) is 0 Å². The molecule has 0 amide bonds. The molecule has 2 heteroatoms. The van der Waals surface area contributed by atoms with Crippen LogP contribution in [-0.2, 0) is 6.42 Å². The Morgan fingerprint density at radius 2 is 1.88 bits per heavy atom. The van der Waals surface area contributed by atoms with Gasteiger partial charge >= 0.3 is 0 Å². The lowest BCUT2D eigenvalue weighted by molar-refractivity contribution is 0.0713. The minimum atomic E-state index is -0.644. The van der Waals surface area contributed by atoms with Crippen molar-refractivity contribution in [1.82, 2.24) is 0 Å². The lowest BCUT2D eigenvalue weighted by atomic mass is 9.95. The number of benzene rings is 1. The Bertz CT molecular complexity index is 383. The highest BCUT2D eigenvalue weighted by molar-refractivity contribution is 5.37. The zero-order valence-corrected chi connectivity index (χ0v) is 11.5. The van der Waals surface area contributed by atoms with Crippen LogP contribution in [0.4, 0.5) is 0 Å². The fourth-order valence-corrected chi connectivity index (χ4v) is 1.45. The Hall–Kier alpha value is -1.33. The molecule has 94 valence electrons. The smallest absolute Gasteiger partial charge is 0.0991 e. The standard InChI is InChI=1S/C13H17NO.C2H6/c1-10-4-5-11(9-14)8-12(10)6-7-13(2,3)15;1-2/h4-5,8,15H,6-7H2,1-3H3;1-2H3. The summed E-state index contributed by atoms with van der Waals surface area (Å²) in [6.45, 7) is 9.63. The molecule has 0 heterocycles. The van der Waals surface area contributed by atoms with Crippen molar-refractivity contribution >= 4 is 0 Å². The van der Waals surface area contributed by atoms with Crippen molar-refractivity contribution in [1.29, 1.82) is 5.26 Å². The van der Waals surface area contributed by atoms with Gasteiger partial charge in [-0.25, -0.2) is 0 Å². The van der Waals surface area contributed by atoms with E-state index in [9.17, 15) is 5.11 Å². The van der Waals surface area contributed by atoms with E-state index < -0.39 is 5.60 Å². The minimum Gasteiger partial charge on any atom is -0.390 e. The van der Waals surface area contributed by atoms with E-state index in [1.807, 2.05) is 39.0 Å². The van der Waals surface area contributed by atoms with Crippen LogP contribution in [0.3, 0.4) is 0 Å². The maximum Gasteiger partial charge on any atom is 0.0991 e. The Kier molecular flexibility index (Phi) is 6.53. The van der Waals surface area contributed by atoms with Crippen LogP contribution in [0, 0.1) is 18.3 Å². The number of aryl methyl sites for hydroxylation is 2. The van der Waals surface area contributed by atoms with Crippen molar-refractivity contribution in [3.63, 3.8) is 0 Å². The normalized spacial score (nSPS) is 10.2. The topological polar surface area (TPSA) is 44.0 Å². The Labute approximate surface area is 105 Å². The average Bonchev–Trinajstić information content (AvgIpc) is 2.29. The summed E-state index contributed by atoms with van der Waals surface area (Å²) in [6.07, 6.45) is 1.52. The molecule has 0 radical (unpaired) electrons. The van der Waals surface area contributed by atoms with Gasteiger partial charge in [-0.05, 0) is 56.9 Å². The molecule has 0 aromatic heterocycles. The maximum atomic E-state index is 9.63. The van der Waals surface area contributed by atoms with Crippen molar-refractivity contribution in [3.8, 4) is 6.07 Å². The molecule has 0 aliphatic heterocycles. The van der Waals surface area contributed by atoms with Gasteiger partial charge in [0.25, 0.3) is 0 Å². The van der Waals surface area contributed by atoms with E-state index >= 15 is 0 Å². The lowest BCUT2D eigenvalue weighted by Gasteiger charge is -2.17. The van der Waals surface area contributed by atoms with Crippen molar-refractivity contribution < 1.29 is 5.11 Å². The molecule has 0 unspecified atom stereocenters. The highest BCUT2D eigenvalue weighted by atomic mass is 16.3. The molecule has 0 bridgehead atoms. The molecular formula is C15H23NO. The van der Waals surface area contributed by atoms with Gasteiger partial charge in [0.1, 0.15) is 0 Å². The summed E-state index contributed by atoms with van der Waals surface area (Å²) in [5.41, 5.74) is 2.37. The van der Waals surface area contributed by atoms with Gasteiger partial charge < -0.3 is 5.11 Å². The minimum absolute atomic E-state index is 0.644. The summed E-state index contributed by atoms with van der Waals surface area (Å²) in [4.78, 5) is 0. The van der Waals surface area contributed by atoms with E-state index in [0.29, 0.717) is 12.0 Å². The Balaban J connectivity index is 0.00000121. The first-order chi connectivity index (χ1) is 7.92. The van der Waals surface area contributed by atoms with E-state index in [1.165, 1.54) is 5.56 Å². The molecule has 1 aromatic carbocycles. The molecule has 2 nitrogen and oxygen atoms in total. The quantitative estimate of drug-likeness (QED) is 0.867. The summed E-state index contributed by atoms with van der Waals surface area (Å²) in [5.74, 6) is 0. The second-order valence-electron chi connectivity index (χ2n) is 4.57. The maximum absolute atomic E-state index is 9.63. The third kappa shape index (κ3) is 6.09. The van der Waals surface area contributed by atoms with Crippen LogP contribution >= 0.6 is 0 Å². The van der Waals surface area contributed by atoms with Crippen molar-refractivity contribution in [2.45, 2.75) is 53.1 Å². The number of rotatable bonds is 3. The molecule has 0 aliphatic carbocycles. The first kappa shape index (κ1) is 15.7. The first-order valence-corrected chi connectivity index (χ1v) is 6.14. The predicted molar refractivity (Wildman–Crippen MR) is 71.9 cm³/mol. The fraction of sp³-hybridized carbons (Fsp3) is 0.533. The molecule has 0 spiro atoms. The van der Waals surface area contributed by atoms with Gasteiger partial charge in [0, 0.05) is 0 Å². The van der Waals surface area contributed by atoms with Gasteiger partial charge in [0.05, 0.1) is 17.2 Å². The summed E-state index contributed by atoms with van der Waals surface area (Å²) >= 11 is 0. The number of nitrogens with zero attached hydrogens (tertiary/aromatic N) is 1. The largest absolute Gasteiger partial charge is 0.390 e. The molecule has 0 fully saturated rings. The molecule has 17 heavy (non-hydrogen) atoms. The van der Waals surface area contributed by atoms with E-state index in [2.05, 4.69) is 6.07 Å². The zero-order valence-electron chi connectivity index (χ0n) is 11.5. The number of nitriles is 1. The highest BCUT2D eigenvalue weighted by Crippen LogP contribution is 2.17. The van der Waals surface area contributed by atoms with Crippen molar-refractivity contribution in [2.75, 3.05) is 0 Å². The molecule has 0 saturated heterocycles. The van der Waals surface area contributed by atoms with Gasteiger partial charge in [-0.2, -0.15) is 5.26 Å². The summed E-state index contributed by atoms with van der Waals surface area (Å²) in [5, 5.41) is 18.4. The van der Waals surface area contributed by atoms with Gasteiger partial charge in [0.2, 0.25) is 0 Å². The SMILES string of the molecule is CC.Cc1ccc(C#N)cc1CCC(C)(C)O. The number of aliphatic hydroxyl groups is 1.